The van der Waals surface area contributed by atoms with Crippen LogP contribution < -0.4 is 4.72 Å². The fourth-order valence-electron chi connectivity index (χ4n) is 4.63. The Balaban J connectivity index is 1.55. The number of aromatic nitrogens is 2. The van der Waals surface area contributed by atoms with Crippen LogP contribution in [0.15, 0.2) is 53.4 Å². The van der Waals surface area contributed by atoms with Gasteiger partial charge in [-0.25, -0.2) is 18.5 Å². The highest BCUT2D eigenvalue weighted by molar-refractivity contribution is 7.92. The van der Waals surface area contributed by atoms with E-state index < -0.39 is 15.9 Å². The van der Waals surface area contributed by atoms with Crippen LogP contribution in [0.1, 0.15) is 50.9 Å². The number of carbonyl (C=O) groups excluding carboxylic acids is 2. The van der Waals surface area contributed by atoms with Crippen LogP contribution in [0.4, 0.5) is 5.69 Å². The molecular weight excluding hydrogens is 482 g/mol. The number of sulfonamides is 1. The molecule has 2 aromatic carbocycles. The lowest BCUT2D eigenvalue weighted by molar-refractivity contribution is -0.157. The molecule has 3 N–H and O–H groups in total. The topological polar surface area (TPSA) is 136 Å². The highest BCUT2D eigenvalue weighted by Crippen LogP contribution is 2.34. The van der Waals surface area contributed by atoms with Gasteiger partial charge in [-0.2, -0.15) is 0 Å². The molecule has 1 aromatic heterocycles. The third-order valence-electron chi connectivity index (χ3n) is 6.44. The monoisotopic (exact) mass is 513 g/mol. The van der Waals surface area contributed by atoms with E-state index in [0.717, 1.165) is 25.7 Å². The van der Waals surface area contributed by atoms with Crippen LogP contribution in [0.25, 0.3) is 11.0 Å². The summed E-state index contributed by atoms with van der Waals surface area (Å²) >= 11 is 0. The Hall–Kier alpha value is -3.44. The van der Waals surface area contributed by atoms with Gasteiger partial charge in [0, 0.05) is 6.54 Å². The second-order valence-corrected chi connectivity index (χ2v) is 10.7. The minimum absolute atomic E-state index is 0.0450. The molecule has 2 amide bonds. The quantitative estimate of drug-likeness (QED) is 0.203. The number of benzene rings is 2. The van der Waals surface area contributed by atoms with Crippen molar-refractivity contribution in [1.82, 2.24) is 19.9 Å². The van der Waals surface area contributed by atoms with Gasteiger partial charge in [0.2, 0.25) is 12.3 Å². The Morgan fingerprint density at radius 3 is 2.81 bits per heavy atom. The molecule has 2 heterocycles. The van der Waals surface area contributed by atoms with Crippen molar-refractivity contribution >= 4 is 39.1 Å². The van der Waals surface area contributed by atoms with Gasteiger partial charge in [-0.05, 0) is 49.6 Å². The summed E-state index contributed by atoms with van der Waals surface area (Å²) in [5, 5.41) is 10.2. The van der Waals surface area contributed by atoms with Crippen molar-refractivity contribution in [3.05, 3.63) is 54.4 Å². The molecule has 0 bridgehead atoms. The van der Waals surface area contributed by atoms with E-state index in [9.17, 15) is 23.2 Å². The number of nitrogens with one attached hydrogen (secondary N) is 2. The molecule has 192 valence electrons. The molecule has 0 spiro atoms. The number of aromatic amines is 1. The summed E-state index contributed by atoms with van der Waals surface area (Å²) in [6.07, 6.45) is 4.15. The highest BCUT2D eigenvalue weighted by atomic mass is 32.2. The van der Waals surface area contributed by atoms with Crippen LogP contribution in [-0.2, 0) is 19.6 Å². The molecule has 1 fully saturated rings. The molecule has 0 aliphatic carbocycles. The number of likely N-dealkylation sites (tertiary alicyclic amines) is 1. The van der Waals surface area contributed by atoms with E-state index in [0.29, 0.717) is 47.0 Å². The Labute approximate surface area is 210 Å². The van der Waals surface area contributed by atoms with Crippen molar-refractivity contribution in [2.45, 2.75) is 50.0 Å². The molecule has 3 aromatic rings. The zero-order chi connectivity index (χ0) is 25.7. The van der Waals surface area contributed by atoms with Gasteiger partial charge in [-0.15, -0.1) is 0 Å². The minimum Gasteiger partial charge on any atom is -0.340 e. The lowest BCUT2D eigenvalue weighted by Crippen LogP contribution is -2.40. The standard InChI is InChI=1S/C25H31N5O5S/c1-2-3-8-18(16-29(33)17-31)25(32)30-14-7-11-23(30)24-26-21-13-12-19(15-22(21)27-24)28-36(34,35)20-9-5-4-6-10-20/h4-6,9-10,12-13,15,17-18,23,28,33H,2-3,7-8,11,14,16H2,1H3,(H,26,27)/t18-,23+/m1/s1. The zero-order valence-electron chi connectivity index (χ0n) is 20.1. The van der Waals surface area contributed by atoms with E-state index in [1.54, 1.807) is 41.3 Å². The fourth-order valence-corrected chi connectivity index (χ4v) is 5.70. The first-order chi connectivity index (χ1) is 17.3. The first-order valence-electron chi connectivity index (χ1n) is 12.1. The number of nitrogens with zero attached hydrogens (tertiary/aromatic N) is 3. The van der Waals surface area contributed by atoms with Gasteiger partial charge in [-0.1, -0.05) is 38.0 Å². The van der Waals surface area contributed by atoms with Crippen LogP contribution >= 0.6 is 0 Å². The van der Waals surface area contributed by atoms with E-state index in [1.807, 2.05) is 6.92 Å². The van der Waals surface area contributed by atoms with Crippen LogP contribution in [-0.4, -0.2) is 59.0 Å². The van der Waals surface area contributed by atoms with Crippen molar-refractivity contribution < 1.29 is 23.2 Å². The van der Waals surface area contributed by atoms with E-state index in [4.69, 9.17) is 0 Å². The van der Waals surface area contributed by atoms with Crippen molar-refractivity contribution in [2.75, 3.05) is 17.8 Å². The number of rotatable bonds is 11. The fraction of sp³-hybridized carbons (Fsp3) is 0.400. The zero-order valence-corrected chi connectivity index (χ0v) is 20.9. The molecule has 0 saturated carbocycles. The number of hydrogen-bond acceptors (Lipinski definition) is 6. The lowest BCUT2D eigenvalue weighted by Gasteiger charge is -2.29. The molecule has 1 aliphatic rings. The number of H-pyrrole nitrogens is 1. The maximum Gasteiger partial charge on any atom is 0.261 e. The normalized spacial score (nSPS) is 16.7. The number of hydroxylamine groups is 2. The summed E-state index contributed by atoms with van der Waals surface area (Å²) in [6.45, 7) is 2.55. The number of unbranched alkanes of at least 4 members (excludes halogenated alkanes) is 1. The van der Waals surface area contributed by atoms with Crippen molar-refractivity contribution in [1.29, 1.82) is 0 Å². The highest BCUT2D eigenvalue weighted by Gasteiger charge is 2.36. The largest absolute Gasteiger partial charge is 0.340 e. The Morgan fingerprint density at radius 2 is 2.08 bits per heavy atom. The van der Waals surface area contributed by atoms with Crippen LogP contribution in [0.5, 0.6) is 0 Å². The maximum atomic E-state index is 13.4. The SMILES string of the molecule is CCCC[C@H](CN(O)C=O)C(=O)N1CCC[C@H]1c1nc2ccc(NS(=O)(=O)c3ccccc3)cc2[nH]1. The van der Waals surface area contributed by atoms with Gasteiger partial charge in [0.25, 0.3) is 10.0 Å². The van der Waals surface area contributed by atoms with Gasteiger partial charge in [0.05, 0.1) is 40.1 Å². The number of imidazole rings is 1. The Kier molecular flexibility index (Phi) is 7.90. The van der Waals surface area contributed by atoms with Crippen LogP contribution in [0, 0.1) is 5.92 Å². The number of hydrogen-bond donors (Lipinski definition) is 3. The summed E-state index contributed by atoms with van der Waals surface area (Å²) in [6, 6.07) is 12.9. The molecule has 4 rings (SSSR count). The summed E-state index contributed by atoms with van der Waals surface area (Å²) in [5.41, 5.74) is 1.72. The number of fused-ring (bicyclic) bond motifs is 1. The van der Waals surface area contributed by atoms with Gasteiger partial charge in [0.15, 0.2) is 0 Å². The second-order valence-electron chi connectivity index (χ2n) is 9.03. The predicted octanol–water partition coefficient (Wildman–Crippen LogP) is 3.68. The third-order valence-corrected chi connectivity index (χ3v) is 7.84. The first-order valence-corrected chi connectivity index (χ1v) is 13.6. The van der Waals surface area contributed by atoms with Crippen LogP contribution in [0.2, 0.25) is 0 Å². The van der Waals surface area contributed by atoms with E-state index in [-0.39, 0.29) is 23.4 Å². The number of carbonyl (C=O) groups is 2. The van der Waals surface area contributed by atoms with Gasteiger partial charge < -0.3 is 9.88 Å². The average Bonchev–Trinajstić information content (AvgIpc) is 3.53. The number of anilines is 1. The summed E-state index contributed by atoms with van der Waals surface area (Å²) in [5.74, 6) is 0.0251. The van der Waals surface area contributed by atoms with E-state index in [1.165, 1.54) is 12.1 Å². The Morgan fingerprint density at radius 1 is 1.31 bits per heavy atom. The van der Waals surface area contributed by atoms with Gasteiger partial charge in [0.1, 0.15) is 5.82 Å². The van der Waals surface area contributed by atoms with Crippen molar-refractivity contribution in [3.8, 4) is 0 Å². The molecule has 0 unspecified atom stereocenters. The molecule has 0 radical (unpaired) electrons. The maximum absolute atomic E-state index is 13.4. The molecule has 36 heavy (non-hydrogen) atoms. The van der Waals surface area contributed by atoms with Crippen molar-refractivity contribution in [2.24, 2.45) is 5.92 Å². The summed E-state index contributed by atoms with van der Waals surface area (Å²) in [7, 11) is -3.73. The second kappa shape index (κ2) is 11.1. The lowest BCUT2D eigenvalue weighted by atomic mass is 9.99. The van der Waals surface area contributed by atoms with Gasteiger partial charge >= 0.3 is 0 Å². The minimum atomic E-state index is -3.73. The van der Waals surface area contributed by atoms with Crippen LogP contribution in [0.3, 0.4) is 0 Å². The molecule has 1 aliphatic heterocycles. The molecular formula is C25H31N5O5S. The number of amides is 2. The molecule has 2 atom stereocenters. The summed E-state index contributed by atoms with van der Waals surface area (Å²) in [4.78, 5) is 34.2. The third kappa shape index (κ3) is 5.68. The molecule has 1 saturated heterocycles. The van der Waals surface area contributed by atoms with E-state index >= 15 is 0 Å². The smallest absolute Gasteiger partial charge is 0.261 e. The first kappa shape index (κ1) is 25.6. The average molecular weight is 514 g/mol. The predicted molar refractivity (Wildman–Crippen MR) is 135 cm³/mol. The molecule has 10 nitrogen and oxygen atoms in total. The summed E-state index contributed by atoms with van der Waals surface area (Å²) < 4.78 is 28.0. The van der Waals surface area contributed by atoms with E-state index in [2.05, 4.69) is 14.7 Å². The van der Waals surface area contributed by atoms with Crippen molar-refractivity contribution in [3.63, 3.8) is 0 Å². The Bertz CT molecular complexity index is 1310. The molecule has 11 heteroatoms. The van der Waals surface area contributed by atoms with Gasteiger partial charge in [-0.3, -0.25) is 19.5 Å².